The predicted octanol–water partition coefficient (Wildman–Crippen LogP) is 0.750. The van der Waals surface area contributed by atoms with E-state index in [9.17, 15) is 8.42 Å². The maximum atomic E-state index is 11.7. The van der Waals surface area contributed by atoms with Crippen molar-refractivity contribution in [3.63, 3.8) is 0 Å². The molecule has 0 aliphatic heterocycles. The highest BCUT2D eigenvalue weighted by molar-refractivity contribution is 7.93. The first-order chi connectivity index (χ1) is 8.00. The van der Waals surface area contributed by atoms with Crippen molar-refractivity contribution in [1.29, 1.82) is 0 Å². The molecule has 1 heterocycles. The van der Waals surface area contributed by atoms with Gasteiger partial charge in [-0.3, -0.25) is 4.72 Å². The molecule has 1 aromatic heterocycles. The zero-order chi connectivity index (χ0) is 12.1. The van der Waals surface area contributed by atoms with E-state index in [0.29, 0.717) is 5.69 Å². The molecular weight excluding hydrogens is 276 g/mol. The Balaban J connectivity index is 0.00000120. The molecule has 1 aromatic rings. The van der Waals surface area contributed by atoms with Crippen molar-refractivity contribution < 1.29 is 8.42 Å². The van der Waals surface area contributed by atoms with Gasteiger partial charge in [0.05, 0.1) is 16.5 Å². The summed E-state index contributed by atoms with van der Waals surface area (Å²) in [5, 5.41) is -0.275. The highest BCUT2D eigenvalue weighted by atomic mass is 35.5. The van der Waals surface area contributed by atoms with Gasteiger partial charge in [-0.2, -0.15) is 0 Å². The fourth-order valence-electron chi connectivity index (χ4n) is 1.66. The number of hydrogen-bond acceptors (Lipinski definition) is 5. The van der Waals surface area contributed by atoms with E-state index in [4.69, 9.17) is 5.73 Å². The van der Waals surface area contributed by atoms with Gasteiger partial charge in [-0.05, 0) is 31.7 Å². The number of sulfonamides is 1. The van der Waals surface area contributed by atoms with E-state index in [1.54, 1.807) is 12.3 Å². The minimum atomic E-state index is -3.30. The van der Waals surface area contributed by atoms with Gasteiger partial charge in [-0.1, -0.05) is 0 Å². The summed E-state index contributed by atoms with van der Waals surface area (Å²) >= 11 is 0. The van der Waals surface area contributed by atoms with Gasteiger partial charge in [0.1, 0.15) is 0 Å². The molecule has 2 aliphatic rings. The van der Waals surface area contributed by atoms with Gasteiger partial charge in [-0.15, -0.1) is 12.4 Å². The van der Waals surface area contributed by atoms with Gasteiger partial charge < -0.3 is 5.73 Å². The Labute approximate surface area is 112 Å². The maximum absolute atomic E-state index is 11.7. The summed E-state index contributed by atoms with van der Waals surface area (Å²) in [6.07, 6.45) is 4.75. The standard InChI is InChI=1S/C10H14N4O2S.ClH/c11-10(4-5-10)8-3-6-12-9(13-8)14-17(15,16)7-1-2-7;/h3,6-7H,1-2,4-5,11H2,(H,12,13,14);1H. The second-order valence-electron chi connectivity index (χ2n) is 4.77. The summed E-state index contributed by atoms with van der Waals surface area (Å²) in [5.74, 6) is 0.131. The number of nitrogens with two attached hydrogens (primary N) is 1. The molecule has 0 bridgehead atoms. The number of halogens is 1. The monoisotopic (exact) mass is 290 g/mol. The maximum Gasteiger partial charge on any atom is 0.237 e. The Hall–Kier alpha value is -0.920. The first-order valence-electron chi connectivity index (χ1n) is 5.64. The van der Waals surface area contributed by atoms with Crippen LogP contribution in [0.4, 0.5) is 5.95 Å². The molecule has 3 rings (SSSR count). The number of nitrogens with zero attached hydrogens (tertiary/aromatic N) is 2. The molecule has 18 heavy (non-hydrogen) atoms. The van der Waals surface area contributed by atoms with Gasteiger partial charge in [0.15, 0.2) is 0 Å². The van der Waals surface area contributed by atoms with Crippen LogP contribution in [0.1, 0.15) is 31.4 Å². The highest BCUT2D eigenvalue weighted by Crippen LogP contribution is 2.41. The summed E-state index contributed by atoms with van der Waals surface area (Å²) in [5.41, 5.74) is 6.34. The SMILES string of the molecule is Cl.NC1(c2ccnc(NS(=O)(=O)C3CC3)n2)CC1. The number of rotatable bonds is 4. The summed E-state index contributed by atoms with van der Waals surface area (Å²) in [4.78, 5) is 8.09. The molecule has 2 saturated carbocycles. The largest absolute Gasteiger partial charge is 0.320 e. The Morgan fingerprint density at radius 1 is 1.39 bits per heavy atom. The van der Waals surface area contributed by atoms with Crippen LogP contribution in [-0.4, -0.2) is 23.6 Å². The molecule has 0 atom stereocenters. The lowest BCUT2D eigenvalue weighted by molar-refractivity contribution is 0.599. The fraction of sp³-hybridized carbons (Fsp3) is 0.600. The topological polar surface area (TPSA) is 98.0 Å². The van der Waals surface area contributed by atoms with Gasteiger partial charge in [0.25, 0.3) is 0 Å². The zero-order valence-electron chi connectivity index (χ0n) is 9.67. The lowest BCUT2D eigenvalue weighted by atomic mass is 10.2. The van der Waals surface area contributed by atoms with E-state index in [1.165, 1.54) is 0 Å². The van der Waals surface area contributed by atoms with Crippen molar-refractivity contribution in [2.75, 3.05) is 4.72 Å². The van der Waals surface area contributed by atoms with Crippen molar-refractivity contribution in [3.05, 3.63) is 18.0 Å². The van der Waals surface area contributed by atoms with E-state index in [0.717, 1.165) is 25.7 Å². The first kappa shape index (κ1) is 13.5. The molecule has 8 heteroatoms. The van der Waals surface area contributed by atoms with Crippen molar-refractivity contribution in [2.45, 2.75) is 36.5 Å². The van der Waals surface area contributed by atoms with Crippen LogP contribution in [0.5, 0.6) is 0 Å². The van der Waals surface area contributed by atoms with Crippen LogP contribution in [0.15, 0.2) is 12.3 Å². The smallest absolute Gasteiger partial charge is 0.237 e. The first-order valence-corrected chi connectivity index (χ1v) is 7.18. The number of hydrogen-bond donors (Lipinski definition) is 2. The van der Waals surface area contributed by atoms with Crippen LogP contribution >= 0.6 is 12.4 Å². The van der Waals surface area contributed by atoms with Crippen LogP contribution in [-0.2, 0) is 15.6 Å². The molecule has 0 amide bonds. The fourth-order valence-corrected chi connectivity index (χ4v) is 2.94. The van der Waals surface area contributed by atoms with Crippen molar-refractivity contribution >= 4 is 28.4 Å². The predicted molar refractivity (Wildman–Crippen MR) is 69.9 cm³/mol. The third kappa shape index (κ3) is 2.57. The molecule has 0 aromatic carbocycles. The lowest BCUT2D eigenvalue weighted by Crippen LogP contribution is -2.23. The average Bonchev–Trinajstić information content (AvgIpc) is 3.12. The molecule has 0 saturated heterocycles. The summed E-state index contributed by atoms with van der Waals surface area (Å²) in [6.45, 7) is 0. The van der Waals surface area contributed by atoms with E-state index in [2.05, 4.69) is 14.7 Å². The van der Waals surface area contributed by atoms with E-state index in [-0.39, 0.29) is 29.1 Å². The van der Waals surface area contributed by atoms with Crippen LogP contribution < -0.4 is 10.5 Å². The Morgan fingerprint density at radius 3 is 2.61 bits per heavy atom. The van der Waals surface area contributed by atoms with Gasteiger partial charge in [-0.25, -0.2) is 18.4 Å². The Kier molecular flexibility index (Phi) is 3.25. The second-order valence-corrected chi connectivity index (χ2v) is 6.73. The van der Waals surface area contributed by atoms with Gasteiger partial charge in [0.2, 0.25) is 16.0 Å². The quantitative estimate of drug-likeness (QED) is 0.853. The molecule has 100 valence electrons. The number of anilines is 1. The minimum absolute atomic E-state index is 0. The zero-order valence-corrected chi connectivity index (χ0v) is 11.3. The molecule has 6 nitrogen and oxygen atoms in total. The Morgan fingerprint density at radius 2 is 2.06 bits per heavy atom. The average molecular weight is 291 g/mol. The van der Waals surface area contributed by atoms with E-state index in [1.807, 2.05) is 0 Å². The second kappa shape index (κ2) is 4.32. The van der Waals surface area contributed by atoms with Crippen molar-refractivity contribution in [3.8, 4) is 0 Å². The number of aromatic nitrogens is 2. The van der Waals surface area contributed by atoms with Crippen molar-refractivity contribution in [2.24, 2.45) is 5.73 Å². The summed E-state index contributed by atoms with van der Waals surface area (Å²) in [7, 11) is -3.30. The van der Waals surface area contributed by atoms with Gasteiger partial charge in [0, 0.05) is 6.20 Å². The summed E-state index contributed by atoms with van der Waals surface area (Å²) < 4.78 is 25.8. The van der Waals surface area contributed by atoms with Crippen LogP contribution in [0.25, 0.3) is 0 Å². The van der Waals surface area contributed by atoms with Crippen LogP contribution in [0, 0.1) is 0 Å². The molecule has 2 aliphatic carbocycles. The van der Waals surface area contributed by atoms with Crippen molar-refractivity contribution in [1.82, 2.24) is 9.97 Å². The lowest BCUT2D eigenvalue weighted by Gasteiger charge is -2.10. The molecule has 2 fully saturated rings. The molecular formula is C10H15ClN4O2S. The van der Waals surface area contributed by atoms with E-state index >= 15 is 0 Å². The molecule has 3 N–H and O–H groups in total. The normalized spacial score (nSPS) is 20.9. The molecule has 0 spiro atoms. The van der Waals surface area contributed by atoms with E-state index < -0.39 is 10.0 Å². The van der Waals surface area contributed by atoms with Gasteiger partial charge >= 0.3 is 0 Å². The highest BCUT2D eigenvalue weighted by Gasteiger charge is 2.42. The third-order valence-corrected chi connectivity index (χ3v) is 4.97. The van der Waals surface area contributed by atoms with Crippen LogP contribution in [0.2, 0.25) is 0 Å². The minimum Gasteiger partial charge on any atom is -0.320 e. The van der Waals surface area contributed by atoms with Crippen LogP contribution in [0.3, 0.4) is 0 Å². The molecule has 0 radical (unpaired) electrons. The summed E-state index contributed by atoms with van der Waals surface area (Å²) in [6, 6.07) is 1.74. The third-order valence-electron chi connectivity index (χ3n) is 3.15. The number of nitrogens with one attached hydrogen (secondary N) is 1. The Bertz CT molecular complexity index is 555. The molecule has 0 unspecified atom stereocenters.